The third-order valence-corrected chi connectivity index (χ3v) is 3.37. The minimum Gasteiger partial charge on any atom is -0.491 e. The molecular formula is C18H18N2O4. The molecule has 1 heterocycles. The Bertz CT molecular complexity index is 769. The number of hydrogen-bond acceptors (Lipinski definition) is 4. The van der Waals surface area contributed by atoms with Gasteiger partial charge in [-0.2, -0.15) is 0 Å². The predicted octanol–water partition coefficient (Wildman–Crippen LogP) is 3.06. The van der Waals surface area contributed by atoms with E-state index in [-0.39, 0.29) is 24.5 Å². The van der Waals surface area contributed by atoms with Crippen molar-refractivity contribution in [3.63, 3.8) is 0 Å². The van der Waals surface area contributed by atoms with Gasteiger partial charge in [0.1, 0.15) is 5.75 Å². The van der Waals surface area contributed by atoms with Gasteiger partial charge >= 0.3 is 0 Å². The molecule has 0 bridgehead atoms. The van der Waals surface area contributed by atoms with Crippen LogP contribution in [0.5, 0.6) is 11.5 Å². The number of rotatable bonds is 4. The maximum absolute atomic E-state index is 12.5. The summed E-state index contributed by atoms with van der Waals surface area (Å²) in [6.07, 6.45) is 0.0913. The highest BCUT2D eigenvalue weighted by Crippen LogP contribution is 2.32. The number of benzene rings is 2. The fourth-order valence-corrected chi connectivity index (χ4v) is 2.38. The van der Waals surface area contributed by atoms with Crippen molar-refractivity contribution in [1.29, 1.82) is 0 Å². The van der Waals surface area contributed by atoms with Gasteiger partial charge in [-0.15, -0.1) is 0 Å². The van der Waals surface area contributed by atoms with Gasteiger partial charge in [0.05, 0.1) is 17.4 Å². The first-order chi connectivity index (χ1) is 11.5. The summed E-state index contributed by atoms with van der Waals surface area (Å²) in [6, 6.07) is 12.2. The van der Waals surface area contributed by atoms with Gasteiger partial charge in [-0.05, 0) is 50.2 Å². The molecule has 3 rings (SSSR count). The van der Waals surface area contributed by atoms with Crippen LogP contribution in [0.3, 0.4) is 0 Å². The first-order valence-electron chi connectivity index (χ1n) is 7.66. The van der Waals surface area contributed by atoms with Crippen molar-refractivity contribution in [2.75, 3.05) is 17.2 Å². The highest BCUT2D eigenvalue weighted by molar-refractivity contribution is 6.09. The number of hydrogen-bond donors (Lipinski definition) is 2. The van der Waals surface area contributed by atoms with Crippen LogP contribution >= 0.6 is 0 Å². The number of anilines is 2. The lowest BCUT2D eigenvalue weighted by molar-refractivity contribution is -0.118. The highest BCUT2D eigenvalue weighted by atomic mass is 16.5. The Morgan fingerprint density at radius 3 is 2.67 bits per heavy atom. The first-order valence-corrected chi connectivity index (χ1v) is 7.66. The van der Waals surface area contributed by atoms with Crippen LogP contribution in [0, 0.1) is 0 Å². The molecule has 0 aliphatic carbocycles. The van der Waals surface area contributed by atoms with Crippen molar-refractivity contribution >= 4 is 23.2 Å². The quantitative estimate of drug-likeness (QED) is 0.905. The number of para-hydroxylation sites is 1. The molecular weight excluding hydrogens is 308 g/mol. The predicted molar refractivity (Wildman–Crippen MR) is 90.7 cm³/mol. The van der Waals surface area contributed by atoms with Gasteiger partial charge < -0.3 is 20.1 Å². The number of amides is 2. The van der Waals surface area contributed by atoms with Crippen LogP contribution < -0.4 is 20.1 Å². The summed E-state index contributed by atoms with van der Waals surface area (Å²) in [5, 5.41) is 5.50. The fraction of sp³-hybridized carbons (Fsp3) is 0.222. The van der Waals surface area contributed by atoms with E-state index < -0.39 is 0 Å². The van der Waals surface area contributed by atoms with Gasteiger partial charge in [0.15, 0.2) is 12.4 Å². The zero-order chi connectivity index (χ0) is 17.1. The molecule has 2 N–H and O–H groups in total. The SMILES string of the molecule is CC(C)Oc1ccc(NC(=O)c2cccc3c2OCC(=O)N3)cc1. The molecule has 0 fully saturated rings. The lowest BCUT2D eigenvalue weighted by Crippen LogP contribution is -2.27. The minimum atomic E-state index is -0.305. The summed E-state index contributed by atoms with van der Waals surface area (Å²) < 4.78 is 11.0. The van der Waals surface area contributed by atoms with Crippen molar-refractivity contribution in [3.8, 4) is 11.5 Å². The van der Waals surface area contributed by atoms with Gasteiger partial charge in [-0.3, -0.25) is 9.59 Å². The second kappa shape index (κ2) is 6.62. The molecule has 1 aliphatic rings. The monoisotopic (exact) mass is 326 g/mol. The van der Waals surface area contributed by atoms with Crippen LogP contribution in [0.1, 0.15) is 24.2 Å². The van der Waals surface area contributed by atoms with E-state index in [0.29, 0.717) is 22.7 Å². The van der Waals surface area contributed by atoms with Crippen molar-refractivity contribution < 1.29 is 19.1 Å². The molecule has 0 aromatic heterocycles. The third-order valence-electron chi connectivity index (χ3n) is 3.37. The van der Waals surface area contributed by atoms with Gasteiger partial charge in [0.25, 0.3) is 11.8 Å². The van der Waals surface area contributed by atoms with Gasteiger partial charge in [-0.25, -0.2) is 0 Å². The lowest BCUT2D eigenvalue weighted by Gasteiger charge is -2.20. The van der Waals surface area contributed by atoms with E-state index in [4.69, 9.17) is 9.47 Å². The zero-order valence-electron chi connectivity index (χ0n) is 13.5. The van der Waals surface area contributed by atoms with Crippen LogP contribution in [0.4, 0.5) is 11.4 Å². The van der Waals surface area contributed by atoms with E-state index in [1.165, 1.54) is 0 Å². The molecule has 1 aliphatic heterocycles. The Labute approximate surface area is 139 Å². The van der Waals surface area contributed by atoms with E-state index in [0.717, 1.165) is 5.75 Å². The fourth-order valence-electron chi connectivity index (χ4n) is 2.38. The standard InChI is InChI=1S/C18H18N2O4/c1-11(2)24-13-8-6-12(7-9-13)19-18(22)14-4-3-5-15-17(14)23-10-16(21)20-15/h3-9,11H,10H2,1-2H3,(H,19,22)(H,20,21). The Morgan fingerprint density at radius 2 is 1.96 bits per heavy atom. The third kappa shape index (κ3) is 3.48. The van der Waals surface area contributed by atoms with Crippen molar-refractivity contribution in [3.05, 3.63) is 48.0 Å². The normalized spacial score (nSPS) is 12.9. The molecule has 0 saturated heterocycles. The average Bonchev–Trinajstić information content (AvgIpc) is 2.55. The van der Waals surface area contributed by atoms with E-state index in [2.05, 4.69) is 10.6 Å². The number of nitrogens with one attached hydrogen (secondary N) is 2. The number of carbonyl (C=O) groups excluding carboxylic acids is 2. The molecule has 0 unspecified atom stereocenters. The summed E-state index contributed by atoms with van der Waals surface area (Å²) in [7, 11) is 0. The van der Waals surface area contributed by atoms with E-state index in [1.807, 2.05) is 13.8 Å². The average molecular weight is 326 g/mol. The van der Waals surface area contributed by atoms with Crippen LogP contribution in [-0.2, 0) is 4.79 Å². The maximum Gasteiger partial charge on any atom is 0.262 e. The smallest absolute Gasteiger partial charge is 0.262 e. The molecule has 0 saturated carbocycles. The van der Waals surface area contributed by atoms with Crippen LogP contribution in [0.2, 0.25) is 0 Å². The number of carbonyl (C=O) groups is 2. The summed E-state index contributed by atoms with van der Waals surface area (Å²) in [5.74, 6) is 0.585. The summed E-state index contributed by atoms with van der Waals surface area (Å²) >= 11 is 0. The molecule has 2 aromatic carbocycles. The molecule has 6 nitrogen and oxygen atoms in total. The first kappa shape index (κ1) is 15.9. The van der Waals surface area contributed by atoms with Crippen LogP contribution in [0.15, 0.2) is 42.5 Å². The maximum atomic E-state index is 12.5. The second-order valence-corrected chi connectivity index (χ2v) is 5.66. The molecule has 0 atom stereocenters. The highest BCUT2D eigenvalue weighted by Gasteiger charge is 2.22. The largest absolute Gasteiger partial charge is 0.491 e. The lowest BCUT2D eigenvalue weighted by atomic mass is 10.1. The molecule has 124 valence electrons. The van der Waals surface area contributed by atoms with Crippen molar-refractivity contribution in [2.45, 2.75) is 20.0 Å². The van der Waals surface area contributed by atoms with E-state index in [1.54, 1.807) is 42.5 Å². The topological polar surface area (TPSA) is 76.7 Å². The Kier molecular flexibility index (Phi) is 4.37. The van der Waals surface area contributed by atoms with E-state index in [9.17, 15) is 9.59 Å². The van der Waals surface area contributed by atoms with E-state index >= 15 is 0 Å². The number of fused-ring (bicyclic) bond motifs is 1. The van der Waals surface area contributed by atoms with Gasteiger partial charge in [-0.1, -0.05) is 6.07 Å². The Hall–Kier alpha value is -3.02. The molecule has 6 heteroatoms. The zero-order valence-corrected chi connectivity index (χ0v) is 13.5. The Balaban J connectivity index is 1.76. The number of ether oxygens (including phenoxy) is 2. The molecule has 2 amide bonds. The van der Waals surface area contributed by atoms with Crippen LogP contribution in [0.25, 0.3) is 0 Å². The van der Waals surface area contributed by atoms with Crippen molar-refractivity contribution in [1.82, 2.24) is 0 Å². The molecule has 2 aromatic rings. The summed E-state index contributed by atoms with van der Waals surface area (Å²) in [6.45, 7) is 3.80. The summed E-state index contributed by atoms with van der Waals surface area (Å²) in [5.41, 5.74) is 1.52. The van der Waals surface area contributed by atoms with Crippen LogP contribution in [-0.4, -0.2) is 24.5 Å². The minimum absolute atomic E-state index is 0.0913. The van der Waals surface area contributed by atoms with Crippen molar-refractivity contribution in [2.24, 2.45) is 0 Å². The summed E-state index contributed by atoms with van der Waals surface area (Å²) in [4.78, 5) is 23.9. The molecule has 0 radical (unpaired) electrons. The molecule has 24 heavy (non-hydrogen) atoms. The molecule has 0 spiro atoms. The second-order valence-electron chi connectivity index (χ2n) is 5.66. The Morgan fingerprint density at radius 1 is 1.21 bits per heavy atom. The van der Waals surface area contributed by atoms with Gasteiger partial charge in [0, 0.05) is 5.69 Å². The van der Waals surface area contributed by atoms with Gasteiger partial charge in [0.2, 0.25) is 0 Å².